The number of amides is 2. The number of rotatable bonds is 9. The minimum absolute atomic E-state index is 0.0215. The third-order valence-corrected chi connectivity index (χ3v) is 7.47. The van der Waals surface area contributed by atoms with Gasteiger partial charge in [-0.2, -0.15) is 5.26 Å². The molecule has 9 heteroatoms. The first-order chi connectivity index (χ1) is 18.9. The fourth-order valence-corrected chi connectivity index (χ4v) is 5.29. The number of benzene rings is 2. The van der Waals surface area contributed by atoms with Crippen molar-refractivity contribution in [1.82, 2.24) is 10.3 Å². The number of carboxylic acid groups (broad SMARTS) is 1. The smallest absolute Gasteiger partial charge is 0.303 e. The minimum Gasteiger partial charge on any atom is -0.493 e. The molecule has 39 heavy (non-hydrogen) atoms. The molecule has 0 saturated heterocycles. The summed E-state index contributed by atoms with van der Waals surface area (Å²) in [6, 6.07) is 18.0. The number of anilines is 1. The zero-order valence-corrected chi connectivity index (χ0v) is 21.3. The van der Waals surface area contributed by atoms with E-state index in [1.807, 2.05) is 24.3 Å². The topological polar surface area (TPSA) is 141 Å². The summed E-state index contributed by atoms with van der Waals surface area (Å²) in [5.74, 6) is -0.909. The highest BCUT2D eigenvalue weighted by molar-refractivity contribution is 5.98. The molecule has 0 unspecified atom stereocenters. The fraction of sp³-hybridized carbons (Fsp3) is 0.300. The van der Waals surface area contributed by atoms with Crippen molar-refractivity contribution in [3.05, 3.63) is 88.7 Å². The Hall–Kier alpha value is -4.71. The number of aliphatic carboxylic acids is 1. The van der Waals surface area contributed by atoms with E-state index in [9.17, 15) is 19.6 Å². The summed E-state index contributed by atoms with van der Waals surface area (Å²) in [5.41, 5.74) is 3.40. The maximum atomic E-state index is 13.5. The van der Waals surface area contributed by atoms with Gasteiger partial charge in [0, 0.05) is 40.8 Å². The molecule has 1 aliphatic heterocycles. The van der Waals surface area contributed by atoms with Crippen molar-refractivity contribution in [2.45, 2.75) is 44.1 Å². The molecular formula is C30H28N4O5. The lowest BCUT2D eigenvalue weighted by atomic mass is 9.86. The van der Waals surface area contributed by atoms with Gasteiger partial charge in [0.1, 0.15) is 5.75 Å². The number of ether oxygens (including phenoxy) is 1. The van der Waals surface area contributed by atoms with Gasteiger partial charge in [0.25, 0.3) is 5.91 Å². The fourth-order valence-electron chi connectivity index (χ4n) is 5.29. The number of fused-ring (bicyclic) bond motifs is 2. The standard InChI is InChI=1S/C30H28N4O5/c31-17-19-7-8-20(4-3-6-27(35)36)25(14-19)34-29(38)24-16-30(24)11-13-39-26-10-9-21(15-23(26)30)28(37)33-18-22-5-1-2-12-32-22/h1-2,5,7-10,12,14-15,24H,3-4,6,11,13,16,18H2,(H,33,37)(H,34,38)(H,35,36)/t24-,30-/m0/s1. The van der Waals surface area contributed by atoms with Gasteiger partial charge < -0.3 is 20.5 Å². The van der Waals surface area contributed by atoms with Crippen LogP contribution in [0, 0.1) is 17.2 Å². The Bertz CT molecular complexity index is 1470. The van der Waals surface area contributed by atoms with E-state index >= 15 is 0 Å². The molecule has 9 nitrogen and oxygen atoms in total. The van der Waals surface area contributed by atoms with Crippen LogP contribution < -0.4 is 15.4 Å². The summed E-state index contributed by atoms with van der Waals surface area (Å²) in [7, 11) is 0. The number of nitriles is 1. The van der Waals surface area contributed by atoms with Crippen LogP contribution in [0.4, 0.5) is 5.69 Å². The molecule has 3 aromatic rings. The highest BCUT2D eigenvalue weighted by atomic mass is 16.5. The van der Waals surface area contributed by atoms with Crippen molar-refractivity contribution >= 4 is 23.5 Å². The predicted octanol–water partition coefficient (Wildman–Crippen LogP) is 3.97. The Kier molecular flexibility index (Phi) is 7.28. The Morgan fingerprint density at radius 1 is 1.15 bits per heavy atom. The van der Waals surface area contributed by atoms with Crippen molar-refractivity contribution in [3.8, 4) is 11.8 Å². The quantitative estimate of drug-likeness (QED) is 0.385. The molecule has 0 bridgehead atoms. The van der Waals surface area contributed by atoms with E-state index in [0.717, 1.165) is 16.8 Å². The Labute approximate surface area is 225 Å². The van der Waals surface area contributed by atoms with E-state index in [1.54, 1.807) is 36.5 Å². The zero-order chi connectivity index (χ0) is 27.4. The number of aromatic nitrogens is 1. The van der Waals surface area contributed by atoms with E-state index < -0.39 is 11.4 Å². The maximum Gasteiger partial charge on any atom is 0.303 e. The van der Waals surface area contributed by atoms with Crippen molar-refractivity contribution in [3.63, 3.8) is 0 Å². The SMILES string of the molecule is N#Cc1ccc(CCCC(=O)O)c(NC(=O)[C@@H]2C[C@]23CCOc2ccc(C(=O)NCc4ccccn4)cc23)c1. The second kappa shape index (κ2) is 11.0. The number of nitrogens with one attached hydrogen (secondary N) is 2. The highest BCUT2D eigenvalue weighted by Gasteiger charge is 2.61. The summed E-state index contributed by atoms with van der Waals surface area (Å²) in [4.78, 5) is 41.5. The van der Waals surface area contributed by atoms with E-state index in [2.05, 4.69) is 21.7 Å². The van der Waals surface area contributed by atoms with E-state index in [0.29, 0.717) is 61.4 Å². The highest BCUT2D eigenvalue weighted by Crippen LogP contribution is 2.61. The third kappa shape index (κ3) is 5.60. The lowest BCUT2D eigenvalue weighted by molar-refractivity contribution is -0.137. The van der Waals surface area contributed by atoms with E-state index in [1.165, 1.54) is 0 Å². The van der Waals surface area contributed by atoms with Gasteiger partial charge in [-0.3, -0.25) is 19.4 Å². The van der Waals surface area contributed by atoms with Crippen LogP contribution in [0.5, 0.6) is 5.75 Å². The lowest BCUT2D eigenvalue weighted by Crippen LogP contribution is -2.28. The Balaban J connectivity index is 1.32. The summed E-state index contributed by atoms with van der Waals surface area (Å²) < 4.78 is 5.87. The third-order valence-electron chi connectivity index (χ3n) is 7.47. The molecule has 2 aliphatic rings. The number of pyridine rings is 1. The van der Waals surface area contributed by atoms with Crippen LogP contribution in [0.2, 0.25) is 0 Å². The molecule has 1 spiro atoms. The lowest BCUT2D eigenvalue weighted by Gasteiger charge is -2.27. The van der Waals surface area contributed by atoms with Crippen LogP contribution in [0.3, 0.4) is 0 Å². The first-order valence-electron chi connectivity index (χ1n) is 12.9. The van der Waals surface area contributed by atoms with Crippen LogP contribution in [0.1, 0.15) is 58.4 Å². The number of carbonyl (C=O) groups excluding carboxylic acids is 2. The average molecular weight is 525 g/mol. The Morgan fingerprint density at radius 2 is 2.03 bits per heavy atom. The van der Waals surface area contributed by atoms with Gasteiger partial charge in [-0.1, -0.05) is 12.1 Å². The summed E-state index contributed by atoms with van der Waals surface area (Å²) in [6.07, 6.45) is 3.87. The van der Waals surface area contributed by atoms with E-state index in [4.69, 9.17) is 9.84 Å². The van der Waals surface area contributed by atoms with Gasteiger partial charge in [-0.15, -0.1) is 0 Å². The molecule has 2 amide bonds. The number of carboxylic acids is 1. The minimum atomic E-state index is -0.878. The van der Waals surface area contributed by atoms with Crippen molar-refractivity contribution in [2.24, 2.45) is 5.92 Å². The molecule has 0 radical (unpaired) electrons. The van der Waals surface area contributed by atoms with E-state index in [-0.39, 0.29) is 24.2 Å². The molecule has 2 atom stereocenters. The van der Waals surface area contributed by atoms with Crippen LogP contribution in [0.25, 0.3) is 0 Å². The van der Waals surface area contributed by atoms with Gasteiger partial charge >= 0.3 is 5.97 Å². The van der Waals surface area contributed by atoms with Crippen LogP contribution >= 0.6 is 0 Å². The van der Waals surface area contributed by atoms with Crippen LogP contribution in [-0.4, -0.2) is 34.5 Å². The molecule has 3 N–H and O–H groups in total. The second-order valence-electron chi connectivity index (χ2n) is 9.95. The molecule has 198 valence electrons. The van der Waals surface area contributed by atoms with Crippen molar-refractivity contribution in [1.29, 1.82) is 5.26 Å². The Morgan fingerprint density at radius 3 is 2.79 bits per heavy atom. The predicted molar refractivity (Wildman–Crippen MR) is 142 cm³/mol. The van der Waals surface area contributed by atoms with Gasteiger partial charge in [-0.05, 0) is 73.7 Å². The largest absolute Gasteiger partial charge is 0.493 e. The van der Waals surface area contributed by atoms with Gasteiger partial charge in [0.15, 0.2) is 0 Å². The number of carbonyl (C=O) groups is 3. The molecule has 2 aromatic carbocycles. The molecule has 2 heterocycles. The monoisotopic (exact) mass is 524 g/mol. The van der Waals surface area contributed by atoms with Crippen molar-refractivity contribution in [2.75, 3.05) is 11.9 Å². The first-order valence-corrected chi connectivity index (χ1v) is 12.9. The molecule has 1 aromatic heterocycles. The zero-order valence-electron chi connectivity index (χ0n) is 21.3. The van der Waals surface area contributed by atoms with Gasteiger partial charge in [-0.25, -0.2) is 0 Å². The summed E-state index contributed by atoms with van der Waals surface area (Å²) in [5, 5.41) is 24.2. The van der Waals surface area contributed by atoms with Gasteiger partial charge in [0.2, 0.25) is 5.91 Å². The molecule has 5 rings (SSSR count). The second-order valence-corrected chi connectivity index (χ2v) is 9.95. The first kappa shape index (κ1) is 25.9. The molecular weight excluding hydrogens is 496 g/mol. The number of hydrogen-bond acceptors (Lipinski definition) is 6. The number of aryl methyl sites for hydroxylation is 1. The summed E-state index contributed by atoms with van der Waals surface area (Å²) in [6.45, 7) is 0.784. The molecule has 1 fully saturated rings. The van der Waals surface area contributed by atoms with Gasteiger partial charge in [0.05, 0.1) is 30.5 Å². The normalized spacial score (nSPS) is 18.8. The van der Waals surface area contributed by atoms with Crippen LogP contribution in [-0.2, 0) is 28.0 Å². The maximum absolute atomic E-state index is 13.5. The molecule has 1 aliphatic carbocycles. The number of hydrogen-bond donors (Lipinski definition) is 3. The average Bonchev–Trinajstić information content (AvgIpc) is 3.67. The number of nitrogens with zero attached hydrogens (tertiary/aromatic N) is 2. The molecule has 1 saturated carbocycles. The summed E-state index contributed by atoms with van der Waals surface area (Å²) >= 11 is 0. The van der Waals surface area contributed by atoms with Crippen LogP contribution in [0.15, 0.2) is 60.8 Å². The van der Waals surface area contributed by atoms with Crippen molar-refractivity contribution < 1.29 is 24.2 Å².